The van der Waals surface area contributed by atoms with Gasteiger partial charge >= 0.3 is 0 Å². The van der Waals surface area contributed by atoms with Crippen molar-refractivity contribution in [3.63, 3.8) is 0 Å². The van der Waals surface area contributed by atoms with E-state index in [0.717, 1.165) is 18.3 Å². The summed E-state index contributed by atoms with van der Waals surface area (Å²) >= 11 is 0. The van der Waals surface area contributed by atoms with Gasteiger partial charge in [-0.15, -0.1) is 0 Å². The van der Waals surface area contributed by atoms with Crippen LogP contribution in [0.4, 0.5) is 5.82 Å². The fourth-order valence-electron chi connectivity index (χ4n) is 3.16. The highest BCUT2D eigenvalue weighted by atomic mass is 15.2. The largest absolute Gasteiger partial charge is 0.370 e. The van der Waals surface area contributed by atoms with Gasteiger partial charge in [-0.1, -0.05) is 39.7 Å². The highest BCUT2D eigenvalue weighted by Crippen LogP contribution is 2.31. The minimum atomic E-state index is 0.568. The SMILES string of the molecule is CCCCNc1ccc([C@@H]2CCCCN2CC(C)C)cn1. The third-order valence-corrected chi connectivity index (χ3v) is 4.22. The molecule has 1 N–H and O–H groups in total. The first kappa shape index (κ1) is 16.3. The first-order valence-corrected chi connectivity index (χ1v) is 8.64. The average Bonchev–Trinajstić information content (AvgIpc) is 2.48. The summed E-state index contributed by atoms with van der Waals surface area (Å²) in [6.45, 7) is 10.3. The lowest BCUT2D eigenvalue weighted by molar-refractivity contribution is 0.132. The number of hydrogen-bond acceptors (Lipinski definition) is 3. The molecule has 1 aromatic heterocycles. The van der Waals surface area contributed by atoms with E-state index in [-0.39, 0.29) is 0 Å². The number of nitrogens with one attached hydrogen (secondary N) is 1. The Labute approximate surface area is 130 Å². The molecule has 0 bridgehead atoms. The molecule has 0 spiro atoms. The summed E-state index contributed by atoms with van der Waals surface area (Å²) < 4.78 is 0. The predicted molar refractivity (Wildman–Crippen MR) is 90.6 cm³/mol. The molecule has 2 heterocycles. The standard InChI is InChI=1S/C18H31N3/c1-4-5-11-19-18-10-9-16(13-20-18)17-8-6-7-12-21(17)14-15(2)3/h9-10,13,15,17H,4-8,11-12,14H2,1-3H3,(H,19,20)/t17-/m0/s1. The smallest absolute Gasteiger partial charge is 0.125 e. The lowest BCUT2D eigenvalue weighted by Gasteiger charge is -2.37. The van der Waals surface area contributed by atoms with E-state index in [1.165, 1.54) is 50.8 Å². The topological polar surface area (TPSA) is 28.2 Å². The van der Waals surface area contributed by atoms with Gasteiger partial charge in [0.05, 0.1) is 0 Å². The van der Waals surface area contributed by atoms with Crippen LogP contribution in [-0.2, 0) is 0 Å². The van der Waals surface area contributed by atoms with E-state index in [9.17, 15) is 0 Å². The van der Waals surface area contributed by atoms with E-state index in [2.05, 4.69) is 54.3 Å². The lowest BCUT2D eigenvalue weighted by atomic mass is 9.95. The summed E-state index contributed by atoms with van der Waals surface area (Å²) in [7, 11) is 0. The van der Waals surface area contributed by atoms with E-state index in [4.69, 9.17) is 0 Å². The molecule has 21 heavy (non-hydrogen) atoms. The number of rotatable bonds is 7. The maximum absolute atomic E-state index is 4.60. The molecule has 1 aliphatic rings. The van der Waals surface area contributed by atoms with Crippen LogP contribution in [0.5, 0.6) is 0 Å². The maximum Gasteiger partial charge on any atom is 0.125 e. The molecule has 1 atom stereocenters. The van der Waals surface area contributed by atoms with Gasteiger partial charge in [0.2, 0.25) is 0 Å². The van der Waals surface area contributed by atoms with Gasteiger partial charge in [0.1, 0.15) is 5.82 Å². The number of piperidine rings is 1. The zero-order chi connectivity index (χ0) is 15.1. The summed E-state index contributed by atoms with van der Waals surface area (Å²) in [5.41, 5.74) is 1.39. The Kier molecular flexibility index (Phi) is 6.50. The van der Waals surface area contributed by atoms with Crippen molar-refractivity contribution in [1.29, 1.82) is 0 Å². The number of nitrogens with zero attached hydrogens (tertiary/aromatic N) is 2. The Balaban J connectivity index is 1.98. The number of unbranched alkanes of at least 4 members (excludes halogenated alkanes) is 1. The Morgan fingerprint density at radius 1 is 1.33 bits per heavy atom. The van der Waals surface area contributed by atoms with E-state index >= 15 is 0 Å². The summed E-state index contributed by atoms with van der Waals surface area (Å²) in [5, 5.41) is 3.39. The van der Waals surface area contributed by atoms with E-state index in [1.54, 1.807) is 0 Å². The molecule has 1 aliphatic heterocycles. The third kappa shape index (κ3) is 4.99. The molecule has 1 aromatic rings. The molecule has 118 valence electrons. The Morgan fingerprint density at radius 3 is 2.86 bits per heavy atom. The summed E-state index contributed by atoms with van der Waals surface area (Å²) in [4.78, 5) is 7.25. The Bertz CT molecular complexity index is 399. The molecule has 0 aliphatic carbocycles. The summed E-state index contributed by atoms with van der Waals surface area (Å²) in [5.74, 6) is 1.74. The van der Waals surface area contributed by atoms with Gasteiger partial charge in [-0.05, 0) is 43.4 Å². The Hall–Kier alpha value is -1.09. The van der Waals surface area contributed by atoms with Crippen LogP contribution < -0.4 is 5.32 Å². The number of anilines is 1. The van der Waals surface area contributed by atoms with Crippen molar-refractivity contribution < 1.29 is 0 Å². The van der Waals surface area contributed by atoms with Crippen LogP contribution in [-0.4, -0.2) is 29.5 Å². The van der Waals surface area contributed by atoms with E-state index < -0.39 is 0 Å². The van der Waals surface area contributed by atoms with Gasteiger partial charge in [0, 0.05) is 25.3 Å². The minimum absolute atomic E-state index is 0.568. The number of pyridine rings is 1. The van der Waals surface area contributed by atoms with Gasteiger partial charge in [-0.25, -0.2) is 4.98 Å². The molecule has 3 heteroatoms. The van der Waals surface area contributed by atoms with Crippen molar-refractivity contribution in [1.82, 2.24) is 9.88 Å². The van der Waals surface area contributed by atoms with E-state index in [1.807, 2.05) is 0 Å². The molecule has 1 saturated heterocycles. The van der Waals surface area contributed by atoms with Crippen LogP contribution in [0, 0.1) is 5.92 Å². The highest BCUT2D eigenvalue weighted by Gasteiger charge is 2.24. The van der Waals surface area contributed by atoms with Gasteiger partial charge in [0.15, 0.2) is 0 Å². The fourth-order valence-corrected chi connectivity index (χ4v) is 3.16. The third-order valence-electron chi connectivity index (χ3n) is 4.22. The zero-order valence-electron chi connectivity index (χ0n) is 13.9. The molecular weight excluding hydrogens is 258 g/mol. The Morgan fingerprint density at radius 2 is 2.19 bits per heavy atom. The molecule has 2 rings (SSSR count). The van der Waals surface area contributed by atoms with Crippen molar-refractivity contribution in [3.05, 3.63) is 23.9 Å². The van der Waals surface area contributed by atoms with Crippen LogP contribution in [0.2, 0.25) is 0 Å². The van der Waals surface area contributed by atoms with Crippen LogP contribution in [0.15, 0.2) is 18.3 Å². The highest BCUT2D eigenvalue weighted by molar-refractivity contribution is 5.36. The zero-order valence-corrected chi connectivity index (χ0v) is 13.9. The van der Waals surface area contributed by atoms with Gasteiger partial charge in [-0.2, -0.15) is 0 Å². The lowest BCUT2D eigenvalue weighted by Crippen LogP contribution is -2.36. The molecule has 3 nitrogen and oxygen atoms in total. The predicted octanol–water partition coefficient (Wildman–Crippen LogP) is 4.48. The van der Waals surface area contributed by atoms with E-state index in [0.29, 0.717) is 6.04 Å². The first-order valence-electron chi connectivity index (χ1n) is 8.64. The molecule has 0 saturated carbocycles. The molecule has 0 radical (unpaired) electrons. The second-order valence-electron chi connectivity index (χ2n) is 6.66. The van der Waals surface area contributed by atoms with Crippen LogP contribution in [0.1, 0.15) is 64.5 Å². The molecule has 0 amide bonds. The van der Waals surface area contributed by atoms with Crippen molar-refractivity contribution in [2.45, 2.75) is 58.9 Å². The number of likely N-dealkylation sites (tertiary alicyclic amines) is 1. The van der Waals surface area contributed by atoms with Crippen LogP contribution in [0.3, 0.4) is 0 Å². The second kappa shape index (κ2) is 8.38. The molecule has 0 unspecified atom stereocenters. The normalized spacial score (nSPS) is 19.9. The van der Waals surface area contributed by atoms with Crippen molar-refractivity contribution >= 4 is 5.82 Å². The number of hydrogen-bond donors (Lipinski definition) is 1. The van der Waals surface area contributed by atoms with Crippen LogP contribution >= 0.6 is 0 Å². The first-order chi connectivity index (χ1) is 10.2. The quantitative estimate of drug-likeness (QED) is 0.750. The average molecular weight is 289 g/mol. The van der Waals surface area contributed by atoms with Gasteiger partial charge in [0.25, 0.3) is 0 Å². The molecular formula is C18H31N3. The second-order valence-corrected chi connectivity index (χ2v) is 6.66. The summed E-state index contributed by atoms with van der Waals surface area (Å²) in [6.07, 6.45) is 8.46. The van der Waals surface area contributed by atoms with Crippen molar-refractivity contribution in [3.8, 4) is 0 Å². The fraction of sp³-hybridized carbons (Fsp3) is 0.722. The summed E-state index contributed by atoms with van der Waals surface area (Å²) in [6, 6.07) is 4.98. The van der Waals surface area contributed by atoms with Crippen molar-refractivity contribution in [2.24, 2.45) is 5.92 Å². The molecule has 1 fully saturated rings. The maximum atomic E-state index is 4.60. The van der Waals surface area contributed by atoms with Gasteiger partial charge < -0.3 is 5.32 Å². The molecule has 0 aromatic carbocycles. The number of aromatic nitrogens is 1. The van der Waals surface area contributed by atoms with Crippen molar-refractivity contribution in [2.75, 3.05) is 25.0 Å². The minimum Gasteiger partial charge on any atom is -0.370 e. The van der Waals surface area contributed by atoms with Gasteiger partial charge in [-0.3, -0.25) is 4.90 Å². The van der Waals surface area contributed by atoms with Crippen LogP contribution in [0.25, 0.3) is 0 Å². The monoisotopic (exact) mass is 289 g/mol.